The van der Waals surface area contributed by atoms with Crippen LogP contribution < -0.4 is 0 Å². The number of hydrogen-bond donors (Lipinski definition) is 0. The Morgan fingerprint density at radius 2 is 1.65 bits per heavy atom. The molecular weight excluding hydrogens is 312 g/mol. The molecular formula is C18H27BrO. The van der Waals surface area contributed by atoms with Crippen molar-refractivity contribution >= 4 is 15.9 Å². The van der Waals surface area contributed by atoms with Crippen molar-refractivity contribution in [3.8, 4) is 0 Å². The van der Waals surface area contributed by atoms with Crippen molar-refractivity contribution in [2.45, 2.75) is 57.2 Å². The SMILES string of the molecule is CC(C)c1ccc(C(Br)C2CCOCC2)c(C(C)C)c1. The lowest BCUT2D eigenvalue weighted by molar-refractivity contribution is 0.0661. The maximum absolute atomic E-state index is 5.49. The lowest BCUT2D eigenvalue weighted by Gasteiger charge is -2.29. The molecule has 1 atom stereocenters. The van der Waals surface area contributed by atoms with Crippen LogP contribution in [0.1, 0.15) is 73.9 Å². The fraction of sp³-hybridized carbons (Fsp3) is 0.667. The van der Waals surface area contributed by atoms with Crippen molar-refractivity contribution in [2.24, 2.45) is 5.92 Å². The first kappa shape index (κ1) is 16.0. The third-order valence-electron chi connectivity index (χ3n) is 4.38. The molecule has 1 unspecified atom stereocenters. The van der Waals surface area contributed by atoms with Gasteiger partial charge in [-0.05, 0) is 47.3 Å². The van der Waals surface area contributed by atoms with Crippen LogP contribution in [0.15, 0.2) is 18.2 Å². The molecule has 1 fully saturated rings. The van der Waals surface area contributed by atoms with Gasteiger partial charge in [0.2, 0.25) is 0 Å². The Balaban J connectivity index is 2.29. The van der Waals surface area contributed by atoms with E-state index < -0.39 is 0 Å². The minimum absolute atomic E-state index is 0.463. The van der Waals surface area contributed by atoms with E-state index in [0.717, 1.165) is 13.2 Å². The van der Waals surface area contributed by atoms with Crippen LogP contribution in [0.3, 0.4) is 0 Å². The Morgan fingerprint density at radius 3 is 2.20 bits per heavy atom. The lowest BCUT2D eigenvalue weighted by atomic mass is 9.85. The molecule has 1 nitrogen and oxygen atoms in total. The molecule has 0 spiro atoms. The van der Waals surface area contributed by atoms with Crippen molar-refractivity contribution in [3.05, 3.63) is 34.9 Å². The zero-order valence-electron chi connectivity index (χ0n) is 13.2. The molecule has 112 valence electrons. The molecule has 1 aromatic carbocycles. The van der Waals surface area contributed by atoms with E-state index in [2.05, 4.69) is 61.8 Å². The average Bonchev–Trinajstić information content (AvgIpc) is 2.46. The van der Waals surface area contributed by atoms with Gasteiger partial charge in [0.25, 0.3) is 0 Å². The summed E-state index contributed by atoms with van der Waals surface area (Å²) in [6.07, 6.45) is 2.33. The summed E-state index contributed by atoms with van der Waals surface area (Å²) < 4.78 is 5.49. The first-order chi connectivity index (χ1) is 9.50. The molecule has 0 saturated carbocycles. The number of ether oxygens (including phenoxy) is 1. The van der Waals surface area contributed by atoms with Gasteiger partial charge in [-0.2, -0.15) is 0 Å². The number of rotatable bonds is 4. The van der Waals surface area contributed by atoms with Gasteiger partial charge in [-0.15, -0.1) is 0 Å². The van der Waals surface area contributed by atoms with Crippen LogP contribution >= 0.6 is 15.9 Å². The second kappa shape index (κ2) is 7.09. The van der Waals surface area contributed by atoms with Crippen LogP contribution in [-0.4, -0.2) is 13.2 Å². The highest BCUT2D eigenvalue weighted by Crippen LogP contribution is 2.40. The predicted octanol–water partition coefficient (Wildman–Crippen LogP) is 5.80. The minimum Gasteiger partial charge on any atom is -0.381 e. The van der Waals surface area contributed by atoms with Crippen LogP contribution in [0.2, 0.25) is 0 Å². The van der Waals surface area contributed by atoms with Crippen molar-refractivity contribution in [1.82, 2.24) is 0 Å². The third kappa shape index (κ3) is 3.65. The average molecular weight is 339 g/mol. The summed E-state index contributed by atoms with van der Waals surface area (Å²) in [7, 11) is 0. The highest BCUT2D eigenvalue weighted by atomic mass is 79.9. The molecule has 1 aromatic rings. The van der Waals surface area contributed by atoms with Crippen LogP contribution in [0.4, 0.5) is 0 Å². The molecule has 1 saturated heterocycles. The maximum atomic E-state index is 5.49. The standard InChI is InChI=1S/C18H27BrO/c1-12(2)15-5-6-16(17(11-15)13(3)4)18(19)14-7-9-20-10-8-14/h5-6,11-14,18H,7-10H2,1-4H3. The molecule has 2 heteroatoms. The summed E-state index contributed by atoms with van der Waals surface area (Å²) >= 11 is 3.97. The summed E-state index contributed by atoms with van der Waals surface area (Å²) in [6, 6.07) is 7.07. The molecule has 0 bridgehead atoms. The number of alkyl halides is 1. The summed E-state index contributed by atoms with van der Waals surface area (Å²) in [5.74, 6) is 1.87. The van der Waals surface area contributed by atoms with Crippen LogP contribution in [0.5, 0.6) is 0 Å². The monoisotopic (exact) mass is 338 g/mol. The minimum atomic E-state index is 0.463. The molecule has 0 radical (unpaired) electrons. The Hall–Kier alpha value is -0.340. The van der Waals surface area contributed by atoms with E-state index in [-0.39, 0.29) is 0 Å². The number of halogens is 1. The predicted molar refractivity (Wildman–Crippen MR) is 89.8 cm³/mol. The Morgan fingerprint density at radius 1 is 1.00 bits per heavy atom. The van der Waals surface area contributed by atoms with E-state index in [1.54, 1.807) is 0 Å². The number of hydrogen-bond acceptors (Lipinski definition) is 1. The van der Waals surface area contributed by atoms with Crippen LogP contribution in [0, 0.1) is 5.92 Å². The van der Waals surface area contributed by atoms with Gasteiger partial charge in [0.05, 0.1) is 0 Å². The topological polar surface area (TPSA) is 9.23 Å². The Bertz CT molecular complexity index is 433. The van der Waals surface area contributed by atoms with Gasteiger partial charge in [-0.25, -0.2) is 0 Å². The smallest absolute Gasteiger partial charge is 0.0469 e. The van der Waals surface area contributed by atoms with Gasteiger partial charge < -0.3 is 4.74 Å². The van der Waals surface area contributed by atoms with E-state index in [1.807, 2.05) is 0 Å². The summed E-state index contributed by atoms with van der Waals surface area (Å²) in [5.41, 5.74) is 4.44. The van der Waals surface area contributed by atoms with Gasteiger partial charge in [0.15, 0.2) is 0 Å². The third-order valence-corrected chi connectivity index (χ3v) is 5.62. The molecule has 1 aliphatic heterocycles. The van der Waals surface area contributed by atoms with Crippen molar-refractivity contribution in [1.29, 1.82) is 0 Å². The Kier molecular flexibility index (Phi) is 5.68. The van der Waals surface area contributed by atoms with Gasteiger partial charge in [0.1, 0.15) is 0 Å². The molecule has 0 N–H and O–H groups in total. The highest BCUT2D eigenvalue weighted by Gasteiger charge is 2.25. The molecule has 2 rings (SSSR count). The van der Waals surface area contributed by atoms with Crippen molar-refractivity contribution < 1.29 is 4.74 Å². The highest BCUT2D eigenvalue weighted by molar-refractivity contribution is 9.09. The summed E-state index contributed by atoms with van der Waals surface area (Å²) in [5, 5.41) is 0. The largest absolute Gasteiger partial charge is 0.381 e. The zero-order chi connectivity index (χ0) is 14.7. The van der Waals surface area contributed by atoms with Gasteiger partial charge in [-0.3, -0.25) is 0 Å². The van der Waals surface area contributed by atoms with Gasteiger partial charge >= 0.3 is 0 Å². The fourth-order valence-electron chi connectivity index (χ4n) is 2.97. The molecule has 0 aromatic heterocycles. The van der Waals surface area contributed by atoms with Crippen molar-refractivity contribution in [3.63, 3.8) is 0 Å². The first-order valence-electron chi connectivity index (χ1n) is 7.86. The maximum Gasteiger partial charge on any atom is 0.0469 e. The quantitative estimate of drug-likeness (QED) is 0.630. The molecule has 20 heavy (non-hydrogen) atoms. The number of benzene rings is 1. The molecule has 1 heterocycles. The van der Waals surface area contributed by atoms with E-state index in [0.29, 0.717) is 22.6 Å². The normalized spacial score (nSPS) is 18.8. The lowest BCUT2D eigenvalue weighted by Crippen LogP contribution is -2.20. The second-order valence-corrected chi connectivity index (χ2v) is 7.54. The fourth-order valence-corrected chi connectivity index (χ4v) is 3.91. The van der Waals surface area contributed by atoms with Crippen molar-refractivity contribution in [2.75, 3.05) is 13.2 Å². The van der Waals surface area contributed by atoms with Crippen LogP contribution in [-0.2, 0) is 4.74 Å². The second-order valence-electron chi connectivity index (χ2n) is 6.55. The first-order valence-corrected chi connectivity index (χ1v) is 8.77. The Labute approximate surface area is 132 Å². The summed E-state index contributed by atoms with van der Waals surface area (Å²) in [6.45, 7) is 11.0. The van der Waals surface area contributed by atoms with E-state index in [9.17, 15) is 0 Å². The molecule has 0 amide bonds. The van der Waals surface area contributed by atoms with Crippen LogP contribution in [0.25, 0.3) is 0 Å². The summed E-state index contributed by atoms with van der Waals surface area (Å²) in [4.78, 5) is 0.463. The zero-order valence-corrected chi connectivity index (χ0v) is 14.7. The van der Waals surface area contributed by atoms with E-state index >= 15 is 0 Å². The molecule has 0 aliphatic carbocycles. The van der Waals surface area contributed by atoms with Gasteiger partial charge in [0, 0.05) is 18.0 Å². The molecule has 1 aliphatic rings. The van der Waals surface area contributed by atoms with E-state index in [4.69, 9.17) is 4.74 Å². The van der Waals surface area contributed by atoms with Gasteiger partial charge in [-0.1, -0.05) is 61.8 Å². The van der Waals surface area contributed by atoms with E-state index in [1.165, 1.54) is 29.5 Å².